The molecular formula is C34H44N6O4S. The van der Waals surface area contributed by atoms with Crippen molar-refractivity contribution in [2.24, 2.45) is 0 Å². The first-order valence-electron chi connectivity index (χ1n) is 15.9. The zero-order valence-electron chi connectivity index (χ0n) is 26.6. The molecule has 240 valence electrons. The first-order chi connectivity index (χ1) is 21.8. The maximum Gasteiger partial charge on any atom is 0.251 e. The van der Waals surface area contributed by atoms with Gasteiger partial charge in [0.05, 0.1) is 18.9 Å². The van der Waals surface area contributed by atoms with Crippen LogP contribution in [-0.4, -0.2) is 98.0 Å². The van der Waals surface area contributed by atoms with E-state index < -0.39 is 0 Å². The van der Waals surface area contributed by atoms with Gasteiger partial charge in [-0.2, -0.15) is 0 Å². The predicted octanol–water partition coefficient (Wildman–Crippen LogP) is 4.18. The van der Waals surface area contributed by atoms with E-state index in [-0.39, 0.29) is 11.3 Å². The van der Waals surface area contributed by atoms with Crippen molar-refractivity contribution >= 4 is 23.5 Å². The fraction of sp³-hybridized carbons (Fsp3) is 0.500. The standard InChI is InChI=1S/C34H44N6O4S/c1-34(2,3)30-21-31(40-14-12-39(13-15-40)22-26-6-9-28-29(20-26)44-24-43-28)37-33(36-30)45-23-25-4-7-27(8-5-25)32(41)35-10-11-38-16-18-42-19-17-38/h4-9,20-21H,10-19,22-24H2,1-3H3,(H,35,41). The molecule has 0 aliphatic carbocycles. The molecule has 6 rings (SSSR count). The smallest absolute Gasteiger partial charge is 0.251 e. The van der Waals surface area contributed by atoms with Crippen LogP contribution in [0.5, 0.6) is 11.5 Å². The molecule has 11 heteroatoms. The molecule has 1 aromatic heterocycles. The van der Waals surface area contributed by atoms with Crippen LogP contribution in [0.1, 0.15) is 48.0 Å². The minimum Gasteiger partial charge on any atom is -0.454 e. The molecule has 3 aliphatic rings. The van der Waals surface area contributed by atoms with Crippen molar-refractivity contribution in [3.05, 3.63) is 70.9 Å². The normalized spacial score (nSPS) is 17.4. The summed E-state index contributed by atoms with van der Waals surface area (Å²) in [6.45, 7) is 16.4. The van der Waals surface area contributed by atoms with E-state index in [1.807, 2.05) is 30.3 Å². The molecule has 0 unspecified atom stereocenters. The zero-order valence-corrected chi connectivity index (χ0v) is 27.4. The lowest BCUT2D eigenvalue weighted by Gasteiger charge is -2.36. The molecular weight excluding hydrogens is 588 g/mol. The predicted molar refractivity (Wildman–Crippen MR) is 176 cm³/mol. The van der Waals surface area contributed by atoms with Crippen LogP contribution in [0.2, 0.25) is 0 Å². The summed E-state index contributed by atoms with van der Waals surface area (Å²) in [6, 6.07) is 16.2. The van der Waals surface area contributed by atoms with Crippen molar-refractivity contribution in [2.45, 2.75) is 43.6 Å². The maximum atomic E-state index is 12.7. The van der Waals surface area contributed by atoms with Crippen LogP contribution < -0.4 is 19.7 Å². The molecule has 3 aromatic rings. The Bertz CT molecular complexity index is 1450. The van der Waals surface area contributed by atoms with Crippen LogP contribution >= 0.6 is 11.8 Å². The topological polar surface area (TPSA) is 92.3 Å². The summed E-state index contributed by atoms with van der Waals surface area (Å²) in [4.78, 5) is 29.8. The SMILES string of the molecule is CC(C)(C)c1cc(N2CCN(Cc3ccc4c(c3)OCO4)CC2)nc(SCc2ccc(C(=O)NCCN3CCOCC3)cc2)n1. The number of carbonyl (C=O) groups excluding carboxylic acids is 1. The minimum atomic E-state index is -0.0923. The number of fused-ring (bicyclic) bond motifs is 1. The van der Waals surface area contributed by atoms with Gasteiger partial charge in [-0.1, -0.05) is 50.7 Å². The number of nitrogens with one attached hydrogen (secondary N) is 1. The third-order valence-electron chi connectivity index (χ3n) is 8.40. The Balaban J connectivity index is 1.03. The highest BCUT2D eigenvalue weighted by Gasteiger charge is 2.24. The number of ether oxygens (including phenoxy) is 3. The number of amides is 1. The van der Waals surface area contributed by atoms with Crippen LogP contribution in [0.4, 0.5) is 5.82 Å². The van der Waals surface area contributed by atoms with E-state index in [4.69, 9.17) is 24.2 Å². The fourth-order valence-corrected chi connectivity index (χ4v) is 6.42. The van der Waals surface area contributed by atoms with Crippen molar-refractivity contribution in [3.8, 4) is 11.5 Å². The zero-order chi connectivity index (χ0) is 31.2. The van der Waals surface area contributed by atoms with Gasteiger partial charge < -0.3 is 24.4 Å². The molecule has 0 atom stereocenters. The molecule has 2 aromatic carbocycles. The van der Waals surface area contributed by atoms with Crippen molar-refractivity contribution in [2.75, 3.05) is 77.3 Å². The van der Waals surface area contributed by atoms with Crippen LogP contribution in [-0.2, 0) is 22.4 Å². The third kappa shape index (κ3) is 8.46. The average molecular weight is 633 g/mol. The van der Waals surface area contributed by atoms with E-state index in [1.54, 1.807) is 11.8 Å². The second kappa shape index (κ2) is 14.4. The molecule has 0 spiro atoms. The van der Waals surface area contributed by atoms with Gasteiger partial charge >= 0.3 is 0 Å². The highest BCUT2D eigenvalue weighted by molar-refractivity contribution is 7.98. The molecule has 2 fully saturated rings. The number of nitrogens with zero attached hydrogens (tertiary/aromatic N) is 5. The number of piperazine rings is 1. The Morgan fingerprint density at radius 3 is 2.36 bits per heavy atom. The quantitative estimate of drug-likeness (QED) is 0.259. The summed E-state index contributed by atoms with van der Waals surface area (Å²) < 4.78 is 16.4. The van der Waals surface area contributed by atoms with Crippen molar-refractivity contribution in [1.29, 1.82) is 0 Å². The van der Waals surface area contributed by atoms with Gasteiger partial charge in [-0.15, -0.1) is 0 Å². The summed E-state index contributed by atoms with van der Waals surface area (Å²) in [5.74, 6) is 3.35. The largest absolute Gasteiger partial charge is 0.454 e. The van der Waals surface area contributed by atoms with Crippen LogP contribution in [0.25, 0.3) is 0 Å². The Kier molecular flexibility index (Phi) is 10.1. The third-order valence-corrected chi connectivity index (χ3v) is 9.32. The summed E-state index contributed by atoms with van der Waals surface area (Å²) >= 11 is 1.64. The maximum absolute atomic E-state index is 12.7. The Labute approximate surface area is 270 Å². The minimum absolute atomic E-state index is 0.0377. The van der Waals surface area contributed by atoms with Crippen molar-refractivity contribution in [3.63, 3.8) is 0 Å². The average Bonchev–Trinajstić information content (AvgIpc) is 3.52. The number of thioether (sulfide) groups is 1. The number of rotatable bonds is 10. The molecule has 10 nitrogen and oxygen atoms in total. The van der Waals surface area contributed by atoms with E-state index in [2.05, 4.69) is 59.0 Å². The van der Waals surface area contributed by atoms with E-state index in [1.165, 1.54) is 5.56 Å². The fourth-order valence-electron chi connectivity index (χ4n) is 5.61. The number of anilines is 1. The van der Waals surface area contributed by atoms with Gasteiger partial charge in [0.2, 0.25) is 6.79 Å². The number of aromatic nitrogens is 2. The molecule has 1 N–H and O–H groups in total. The van der Waals surface area contributed by atoms with Gasteiger partial charge in [-0.25, -0.2) is 9.97 Å². The van der Waals surface area contributed by atoms with Gasteiger partial charge in [-0.05, 0) is 35.4 Å². The molecule has 45 heavy (non-hydrogen) atoms. The number of benzene rings is 2. The number of morpholine rings is 1. The number of hydrogen-bond acceptors (Lipinski definition) is 10. The number of carbonyl (C=O) groups is 1. The van der Waals surface area contributed by atoms with Crippen LogP contribution in [0.3, 0.4) is 0 Å². The highest BCUT2D eigenvalue weighted by atomic mass is 32.2. The Morgan fingerprint density at radius 1 is 0.867 bits per heavy atom. The van der Waals surface area contributed by atoms with E-state index in [0.717, 1.165) is 105 Å². The van der Waals surface area contributed by atoms with E-state index >= 15 is 0 Å². The van der Waals surface area contributed by atoms with Gasteiger partial charge in [0, 0.05) is 81.7 Å². The Hall–Kier alpha value is -3.38. The van der Waals surface area contributed by atoms with Crippen molar-refractivity contribution < 1.29 is 19.0 Å². The van der Waals surface area contributed by atoms with Gasteiger partial charge in [-0.3, -0.25) is 14.6 Å². The summed E-state index contributed by atoms with van der Waals surface area (Å²) in [5, 5.41) is 3.82. The second-order valence-corrected chi connectivity index (χ2v) is 13.7. The molecule has 0 radical (unpaired) electrons. The molecule has 0 bridgehead atoms. The van der Waals surface area contributed by atoms with Gasteiger partial charge in [0.15, 0.2) is 16.7 Å². The van der Waals surface area contributed by atoms with Crippen molar-refractivity contribution in [1.82, 2.24) is 25.1 Å². The first-order valence-corrected chi connectivity index (χ1v) is 16.8. The molecule has 3 aliphatic heterocycles. The summed E-state index contributed by atoms with van der Waals surface area (Å²) in [5.41, 5.74) is 4.00. The summed E-state index contributed by atoms with van der Waals surface area (Å²) in [7, 11) is 0. The Morgan fingerprint density at radius 2 is 1.60 bits per heavy atom. The monoisotopic (exact) mass is 632 g/mol. The molecule has 2 saturated heterocycles. The molecule has 0 saturated carbocycles. The van der Waals surface area contributed by atoms with E-state index in [9.17, 15) is 4.79 Å². The second-order valence-electron chi connectivity index (χ2n) is 12.8. The van der Waals surface area contributed by atoms with E-state index in [0.29, 0.717) is 18.9 Å². The first kappa shape index (κ1) is 31.6. The number of hydrogen-bond donors (Lipinski definition) is 1. The summed E-state index contributed by atoms with van der Waals surface area (Å²) in [6.07, 6.45) is 0. The molecule has 1 amide bonds. The van der Waals surface area contributed by atoms with Gasteiger partial charge in [0.1, 0.15) is 5.82 Å². The highest BCUT2D eigenvalue weighted by Crippen LogP contribution is 2.33. The van der Waals surface area contributed by atoms with Crippen LogP contribution in [0.15, 0.2) is 53.7 Å². The molecule has 4 heterocycles. The van der Waals surface area contributed by atoms with Gasteiger partial charge in [0.25, 0.3) is 5.91 Å². The van der Waals surface area contributed by atoms with Crippen LogP contribution in [0, 0.1) is 0 Å². The lowest BCUT2D eigenvalue weighted by molar-refractivity contribution is 0.0383. The lowest BCUT2D eigenvalue weighted by atomic mass is 9.92. The lowest BCUT2D eigenvalue weighted by Crippen LogP contribution is -2.46.